The van der Waals surface area contributed by atoms with Gasteiger partial charge in [-0.15, -0.1) is 0 Å². The molecule has 1 atom stereocenters. The molecule has 0 aliphatic rings. The van der Waals surface area contributed by atoms with Crippen molar-refractivity contribution in [1.82, 2.24) is 4.98 Å². The fourth-order valence-corrected chi connectivity index (χ4v) is 4.10. The molecule has 33 heavy (non-hydrogen) atoms. The number of aromatic amines is 1. The number of anilines is 1. The second-order valence-corrected chi connectivity index (χ2v) is 9.02. The van der Waals surface area contributed by atoms with E-state index in [2.05, 4.69) is 93.6 Å². The lowest BCUT2D eigenvalue weighted by Crippen LogP contribution is -2.11. The number of nitrogens with zero attached hydrogens (tertiary/aromatic N) is 1. The Balaban J connectivity index is 1.64. The largest absolute Gasteiger partial charge is 0.377 e. The van der Waals surface area contributed by atoms with Crippen LogP contribution in [0.2, 0.25) is 0 Å². The van der Waals surface area contributed by atoms with Crippen LogP contribution in [0, 0.1) is 0 Å². The van der Waals surface area contributed by atoms with Gasteiger partial charge in [-0.05, 0) is 49.2 Å². The summed E-state index contributed by atoms with van der Waals surface area (Å²) >= 11 is 3.50. The number of ether oxygens (including phenoxy) is 1. The Labute approximate surface area is 202 Å². The first-order valence-corrected chi connectivity index (χ1v) is 12.1. The number of carbonyl (C=O) groups is 1. The van der Waals surface area contributed by atoms with Crippen LogP contribution in [-0.4, -0.2) is 24.1 Å². The number of benzene rings is 2. The number of rotatable bonds is 8. The molecule has 0 fully saturated rings. The molecule has 1 heterocycles. The van der Waals surface area contributed by atoms with Crippen molar-refractivity contribution in [1.29, 1.82) is 0 Å². The molecule has 0 spiro atoms. The lowest BCUT2D eigenvalue weighted by Gasteiger charge is -2.16. The number of aromatic nitrogens is 1. The summed E-state index contributed by atoms with van der Waals surface area (Å²) in [5.41, 5.74) is 4.20. The van der Waals surface area contributed by atoms with Gasteiger partial charge < -0.3 is 15.0 Å². The molecule has 0 aliphatic heterocycles. The van der Waals surface area contributed by atoms with Gasteiger partial charge >= 0.3 is 0 Å². The van der Waals surface area contributed by atoms with Crippen molar-refractivity contribution >= 4 is 49.3 Å². The minimum Gasteiger partial charge on any atom is -0.377 e. The summed E-state index contributed by atoms with van der Waals surface area (Å²) in [6.07, 6.45) is 1.98. The molecule has 0 saturated heterocycles. The molecule has 0 bridgehead atoms. The minimum atomic E-state index is -0.271. The molecule has 1 amide bonds. The van der Waals surface area contributed by atoms with E-state index >= 15 is 0 Å². The van der Waals surface area contributed by atoms with E-state index in [1.165, 1.54) is 5.56 Å². The van der Waals surface area contributed by atoms with Crippen LogP contribution in [0.3, 0.4) is 0 Å². The predicted molar refractivity (Wildman–Crippen MR) is 138 cm³/mol. The molecule has 0 saturated carbocycles. The maximum Gasteiger partial charge on any atom is 0.272 e. The monoisotopic (exact) mass is 505 g/mol. The van der Waals surface area contributed by atoms with Gasteiger partial charge in [0.2, 0.25) is 0 Å². The molecule has 1 unspecified atom stereocenters. The zero-order valence-corrected chi connectivity index (χ0v) is 20.5. The summed E-state index contributed by atoms with van der Waals surface area (Å²) in [5.74, 6) is -0.271. The Bertz CT molecular complexity index is 1330. The first-order valence-electron chi connectivity index (χ1n) is 11.3. The highest BCUT2D eigenvalue weighted by atomic mass is 79.9. The van der Waals surface area contributed by atoms with Gasteiger partial charge in [0.1, 0.15) is 6.61 Å². The number of halogens is 1. The number of hydrogen-bond donors (Lipinski definition) is 2. The van der Waals surface area contributed by atoms with E-state index in [0.717, 1.165) is 44.8 Å². The van der Waals surface area contributed by atoms with Gasteiger partial charge in [0.25, 0.3) is 5.91 Å². The third-order valence-corrected chi connectivity index (χ3v) is 6.12. The molecule has 4 aromatic rings. The van der Waals surface area contributed by atoms with Crippen LogP contribution in [0.4, 0.5) is 5.69 Å². The average molecular weight is 506 g/mol. The number of hydrogen-bond acceptors (Lipinski definition) is 3. The van der Waals surface area contributed by atoms with Crippen molar-refractivity contribution in [2.45, 2.75) is 32.7 Å². The average Bonchev–Trinajstić information content (AvgIpc) is 3.03. The number of fused-ring (bicyclic) bond motifs is 3. The predicted octanol–water partition coefficient (Wildman–Crippen LogP) is 6.50. The van der Waals surface area contributed by atoms with Crippen molar-refractivity contribution < 1.29 is 9.53 Å². The molecule has 4 rings (SSSR count). The highest BCUT2D eigenvalue weighted by Gasteiger charge is 2.11. The first kappa shape index (κ1) is 23.2. The van der Waals surface area contributed by atoms with Gasteiger partial charge in [-0.1, -0.05) is 65.7 Å². The fraction of sp³-hybridized carbons (Fsp3) is 0.259. The van der Waals surface area contributed by atoms with E-state index < -0.39 is 0 Å². The Morgan fingerprint density at radius 3 is 2.64 bits per heavy atom. The highest BCUT2D eigenvalue weighted by molar-refractivity contribution is 9.10. The van der Waals surface area contributed by atoms with Gasteiger partial charge in [0.05, 0.1) is 16.6 Å². The number of H-pyrrole nitrogens is 1. The summed E-state index contributed by atoms with van der Waals surface area (Å²) < 4.78 is 6.47. The number of para-hydroxylation sites is 1. The summed E-state index contributed by atoms with van der Waals surface area (Å²) in [6.45, 7) is 4.83. The minimum absolute atomic E-state index is 0.0104. The molecule has 6 heteroatoms. The van der Waals surface area contributed by atoms with Gasteiger partial charge in [-0.25, -0.2) is 4.99 Å². The lowest BCUT2D eigenvalue weighted by molar-refractivity contribution is -0.122. The Kier molecular flexibility index (Phi) is 7.57. The fourth-order valence-electron chi connectivity index (χ4n) is 3.83. The van der Waals surface area contributed by atoms with E-state index in [1.807, 2.05) is 18.2 Å². The zero-order valence-electron chi connectivity index (χ0n) is 18.9. The number of carbonyl (C=O) groups excluding carboxylic acids is 1. The molecule has 5 nitrogen and oxygen atoms in total. The van der Waals surface area contributed by atoms with Crippen molar-refractivity contribution in [2.75, 3.05) is 18.5 Å². The van der Waals surface area contributed by atoms with E-state index in [-0.39, 0.29) is 18.6 Å². The van der Waals surface area contributed by atoms with Gasteiger partial charge in [0.15, 0.2) is 0 Å². The first-order chi connectivity index (χ1) is 16.0. The van der Waals surface area contributed by atoms with E-state index in [1.54, 1.807) is 0 Å². The van der Waals surface area contributed by atoms with E-state index in [0.29, 0.717) is 12.0 Å². The molecule has 1 aromatic heterocycles. The number of unbranched alkanes of at least 4 members (excludes halogenated alkanes) is 1. The molecule has 2 N–H and O–H groups in total. The van der Waals surface area contributed by atoms with Gasteiger partial charge in [0, 0.05) is 33.4 Å². The maximum atomic E-state index is 12.2. The van der Waals surface area contributed by atoms with Crippen LogP contribution < -0.4 is 10.7 Å². The summed E-state index contributed by atoms with van der Waals surface area (Å²) in [5, 5.41) is 6.44. The quantitative estimate of drug-likeness (QED) is 0.268. The van der Waals surface area contributed by atoms with Crippen molar-refractivity contribution in [3.05, 3.63) is 82.1 Å². The standard InChI is InChI=1S/C27H28BrN3O2/c1-3-4-15-33-17-26(32)30-21-7-5-8-22-23-9-6-10-24(27(23)31-25(22)16-21)29-18(2)19-11-13-20(28)14-12-19/h5-14,16,18,29,31H,3-4,15,17H2,1-2H3. The third-order valence-electron chi connectivity index (χ3n) is 5.59. The van der Waals surface area contributed by atoms with Crippen LogP contribution in [0.15, 0.2) is 76.2 Å². The SMILES string of the molecule is CCCCOCC(=O)N=c1cccc2c(c1)[nH]c1c(NC(C)c3ccc(Br)cc3)cccc12. The van der Waals surface area contributed by atoms with Crippen molar-refractivity contribution in [3.63, 3.8) is 0 Å². The number of amides is 1. The van der Waals surface area contributed by atoms with Gasteiger partial charge in [-0.3, -0.25) is 4.79 Å². The maximum absolute atomic E-state index is 12.2. The van der Waals surface area contributed by atoms with Crippen LogP contribution in [0.25, 0.3) is 21.8 Å². The second-order valence-electron chi connectivity index (χ2n) is 8.10. The van der Waals surface area contributed by atoms with Crippen molar-refractivity contribution in [2.24, 2.45) is 4.99 Å². The van der Waals surface area contributed by atoms with Crippen molar-refractivity contribution in [3.8, 4) is 0 Å². The summed E-state index contributed by atoms with van der Waals surface area (Å²) in [7, 11) is 0. The Morgan fingerprint density at radius 2 is 1.85 bits per heavy atom. The molecule has 0 aliphatic carbocycles. The van der Waals surface area contributed by atoms with E-state index in [9.17, 15) is 4.79 Å². The molecule has 0 radical (unpaired) electrons. The zero-order chi connectivity index (χ0) is 23.2. The normalized spacial score (nSPS) is 12.9. The highest BCUT2D eigenvalue weighted by Crippen LogP contribution is 2.31. The van der Waals surface area contributed by atoms with Crippen LogP contribution in [0.5, 0.6) is 0 Å². The molecule has 3 aromatic carbocycles. The third kappa shape index (κ3) is 5.70. The molecular formula is C27H28BrN3O2. The Hall–Kier alpha value is -2.96. The summed E-state index contributed by atoms with van der Waals surface area (Å²) in [6, 6.07) is 22.5. The molecular weight excluding hydrogens is 478 g/mol. The van der Waals surface area contributed by atoms with E-state index in [4.69, 9.17) is 4.74 Å². The number of nitrogens with one attached hydrogen (secondary N) is 2. The smallest absolute Gasteiger partial charge is 0.272 e. The topological polar surface area (TPSA) is 66.5 Å². The van der Waals surface area contributed by atoms with Crippen LogP contribution in [0.1, 0.15) is 38.3 Å². The second kappa shape index (κ2) is 10.8. The molecule has 170 valence electrons. The lowest BCUT2D eigenvalue weighted by atomic mass is 10.1. The van der Waals surface area contributed by atoms with Crippen LogP contribution >= 0.6 is 15.9 Å². The van der Waals surface area contributed by atoms with Crippen LogP contribution in [-0.2, 0) is 9.53 Å². The Morgan fingerprint density at radius 1 is 1.09 bits per heavy atom. The van der Waals surface area contributed by atoms with Gasteiger partial charge in [-0.2, -0.15) is 0 Å². The summed E-state index contributed by atoms with van der Waals surface area (Å²) in [4.78, 5) is 20.0.